The minimum Gasteiger partial charge on any atom is -0.381 e. The molecule has 1 aromatic carbocycles. The second-order valence-corrected chi connectivity index (χ2v) is 4.57. The van der Waals surface area contributed by atoms with Crippen molar-refractivity contribution in [3.05, 3.63) is 35.4 Å². The number of carbonyl (C=O) groups is 1. The van der Waals surface area contributed by atoms with Crippen LogP contribution < -0.4 is 5.32 Å². The van der Waals surface area contributed by atoms with Gasteiger partial charge in [0.05, 0.1) is 6.61 Å². The largest absolute Gasteiger partial charge is 0.381 e. The van der Waals surface area contributed by atoms with E-state index in [-0.39, 0.29) is 5.91 Å². The number of alkyl halides is 1. The van der Waals surface area contributed by atoms with Crippen LogP contribution in [0.25, 0.3) is 0 Å². The summed E-state index contributed by atoms with van der Waals surface area (Å²) in [6, 6.07) is 7.56. The summed E-state index contributed by atoms with van der Waals surface area (Å²) in [5, 5.41) is 3.71. The van der Waals surface area contributed by atoms with Gasteiger partial charge in [-0.1, -0.05) is 33.6 Å². The summed E-state index contributed by atoms with van der Waals surface area (Å²) in [5.41, 5.74) is 1.86. The van der Waals surface area contributed by atoms with E-state index in [1.54, 1.807) is 0 Å². The molecule has 0 heterocycles. The zero-order valence-corrected chi connectivity index (χ0v) is 11.6. The van der Waals surface area contributed by atoms with Crippen LogP contribution in [0.5, 0.6) is 0 Å². The van der Waals surface area contributed by atoms with Crippen LogP contribution in [-0.2, 0) is 4.74 Å². The van der Waals surface area contributed by atoms with Crippen molar-refractivity contribution in [2.75, 3.05) is 25.1 Å². The maximum atomic E-state index is 11.7. The SMILES string of the molecule is Cc1ccc(C(=O)NCCCOCCBr)cc1. The molecule has 0 atom stereocenters. The van der Waals surface area contributed by atoms with Gasteiger partial charge in [-0.15, -0.1) is 0 Å². The van der Waals surface area contributed by atoms with E-state index < -0.39 is 0 Å². The van der Waals surface area contributed by atoms with Crippen LogP contribution in [0.4, 0.5) is 0 Å². The van der Waals surface area contributed by atoms with Crippen LogP contribution in [0, 0.1) is 6.92 Å². The molecule has 3 nitrogen and oxygen atoms in total. The Balaban J connectivity index is 2.19. The lowest BCUT2D eigenvalue weighted by molar-refractivity contribution is 0.0944. The number of aryl methyl sites for hydroxylation is 1. The lowest BCUT2D eigenvalue weighted by Gasteiger charge is -2.05. The fourth-order valence-corrected chi connectivity index (χ4v) is 1.57. The molecule has 17 heavy (non-hydrogen) atoms. The van der Waals surface area contributed by atoms with Crippen LogP contribution >= 0.6 is 15.9 Å². The number of halogens is 1. The van der Waals surface area contributed by atoms with E-state index in [0.29, 0.717) is 25.3 Å². The highest BCUT2D eigenvalue weighted by Crippen LogP contribution is 2.02. The van der Waals surface area contributed by atoms with Crippen molar-refractivity contribution in [3.8, 4) is 0 Å². The number of amides is 1. The number of benzene rings is 1. The number of hydrogen-bond donors (Lipinski definition) is 1. The van der Waals surface area contributed by atoms with Crippen molar-refractivity contribution in [1.82, 2.24) is 5.32 Å². The maximum absolute atomic E-state index is 11.7. The van der Waals surface area contributed by atoms with E-state index in [4.69, 9.17) is 4.74 Å². The van der Waals surface area contributed by atoms with E-state index in [1.807, 2.05) is 31.2 Å². The van der Waals surface area contributed by atoms with Gasteiger partial charge in [-0.2, -0.15) is 0 Å². The molecule has 0 saturated heterocycles. The summed E-state index contributed by atoms with van der Waals surface area (Å²) < 4.78 is 5.29. The molecule has 0 spiro atoms. The molecule has 0 aromatic heterocycles. The first-order valence-corrected chi connectivity index (χ1v) is 6.85. The number of rotatable bonds is 7. The third-order valence-electron chi connectivity index (χ3n) is 2.29. The van der Waals surface area contributed by atoms with Gasteiger partial charge in [-0.05, 0) is 25.5 Å². The van der Waals surface area contributed by atoms with Gasteiger partial charge in [-0.25, -0.2) is 0 Å². The second-order valence-electron chi connectivity index (χ2n) is 3.78. The third-order valence-corrected chi connectivity index (χ3v) is 2.61. The van der Waals surface area contributed by atoms with Crippen molar-refractivity contribution < 1.29 is 9.53 Å². The van der Waals surface area contributed by atoms with Gasteiger partial charge in [0, 0.05) is 24.0 Å². The lowest BCUT2D eigenvalue weighted by atomic mass is 10.1. The highest BCUT2D eigenvalue weighted by Gasteiger charge is 2.03. The van der Waals surface area contributed by atoms with E-state index in [2.05, 4.69) is 21.2 Å². The van der Waals surface area contributed by atoms with E-state index >= 15 is 0 Å². The number of nitrogens with one attached hydrogen (secondary N) is 1. The first-order valence-electron chi connectivity index (χ1n) is 5.72. The molecule has 0 bridgehead atoms. The van der Waals surface area contributed by atoms with Crippen LogP contribution in [-0.4, -0.2) is 31.0 Å². The topological polar surface area (TPSA) is 38.3 Å². The first-order chi connectivity index (χ1) is 8.24. The Morgan fingerprint density at radius 2 is 2.00 bits per heavy atom. The van der Waals surface area contributed by atoms with Gasteiger partial charge >= 0.3 is 0 Å². The molecule has 1 amide bonds. The van der Waals surface area contributed by atoms with Crippen LogP contribution in [0.15, 0.2) is 24.3 Å². The Bertz CT molecular complexity index is 338. The number of ether oxygens (including phenoxy) is 1. The monoisotopic (exact) mass is 299 g/mol. The van der Waals surface area contributed by atoms with Gasteiger partial charge in [0.15, 0.2) is 0 Å². The van der Waals surface area contributed by atoms with E-state index in [1.165, 1.54) is 0 Å². The quantitative estimate of drug-likeness (QED) is 0.621. The zero-order chi connectivity index (χ0) is 12.5. The van der Waals surface area contributed by atoms with Gasteiger partial charge in [0.2, 0.25) is 0 Å². The fraction of sp³-hybridized carbons (Fsp3) is 0.462. The van der Waals surface area contributed by atoms with E-state index in [0.717, 1.165) is 17.3 Å². The standard InChI is InChI=1S/C13H18BrNO2/c1-11-3-5-12(6-4-11)13(16)15-8-2-9-17-10-7-14/h3-6H,2,7-10H2,1H3,(H,15,16). The maximum Gasteiger partial charge on any atom is 0.251 e. The van der Waals surface area contributed by atoms with Gasteiger partial charge < -0.3 is 10.1 Å². The van der Waals surface area contributed by atoms with Gasteiger partial charge in [0.25, 0.3) is 5.91 Å². The molecule has 0 aliphatic carbocycles. The molecule has 0 radical (unpaired) electrons. The summed E-state index contributed by atoms with van der Waals surface area (Å²) in [7, 11) is 0. The average molecular weight is 300 g/mol. The zero-order valence-electron chi connectivity index (χ0n) is 10.0. The smallest absolute Gasteiger partial charge is 0.251 e. The third kappa shape index (κ3) is 5.84. The predicted molar refractivity (Wildman–Crippen MR) is 72.7 cm³/mol. The Morgan fingerprint density at radius 1 is 1.29 bits per heavy atom. The van der Waals surface area contributed by atoms with Crippen molar-refractivity contribution in [3.63, 3.8) is 0 Å². The summed E-state index contributed by atoms with van der Waals surface area (Å²) in [4.78, 5) is 11.7. The molecule has 1 aromatic rings. The Morgan fingerprint density at radius 3 is 2.65 bits per heavy atom. The average Bonchev–Trinajstić information content (AvgIpc) is 2.34. The minimum atomic E-state index is -0.0227. The molecule has 94 valence electrons. The summed E-state index contributed by atoms with van der Waals surface area (Å²) >= 11 is 3.28. The molecule has 1 N–H and O–H groups in total. The molecular formula is C13H18BrNO2. The summed E-state index contributed by atoms with van der Waals surface area (Å²) in [5.74, 6) is -0.0227. The molecule has 0 fully saturated rings. The molecule has 0 unspecified atom stereocenters. The Kier molecular flexibility index (Phi) is 6.89. The summed E-state index contributed by atoms with van der Waals surface area (Å²) in [6.45, 7) is 4.05. The predicted octanol–water partition coefficient (Wildman–Crippen LogP) is 2.53. The Labute approximate surface area is 111 Å². The molecule has 0 saturated carbocycles. The highest BCUT2D eigenvalue weighted by molar-refractivity contribution is 9.09. The lowest BCUT2D eigenvalue weighted by Crippen LogP contribution is -2.25. The van der Waals surface area contributed by atoms with Crippen LogP contribution in [0.1, 0.15) is 22.3 Å². The normalized spacial score (nSPS) is 10.2. The van der Waals surface area contributed by atoms with E-state index in [9.17, 15) is 4.79 Å². The second kappa shape index (κ2) is 8.25. The van der Waals surface area contributed by atoms with Crippen LogP contribution in [0.2, 0.25) is 0 Å². The first kappa shape index (κ1) is 14.2. The van der Waals surface area contributed by atoms with Gasteiger partial charge in [0.1, 0.15) is 0 Å². The highest BCUT2D eigenvalue weighted by atomic mass is 79.9. The van der Waals surface area contributed by atoms with Crippen molar-refractivity contribution in [2.45, 2.75) is 13.3 Å². The van der Waals surface area contributed by atoms with Crippen molar-refractivity contribution in [2.24, 2.45) is 0 Å². The van der Waals surface area contributed by atoms with Crippen molar-refractivity contribution in [1.29, 1.82) is 0 Å². The molecule has 0 aliphatic rings. The van der Waals surface area contributed by atoms with Gasteiger partial charge in [-0.3, -0.25) is 4.79 Å². The van der Waals surface area contributed by atoms with Crippen molar-refractivity contribution >= 4 is 21.8 Å². The minimum absolute atomic E-state index is 0.0227. The number of hydrogen-bond acceptors (Lipinski definition) is 2. The number of carbonyl (C=O) groups excluding carboxylic acids is 1. The molecular weight excluding hydrogens is 282 g/mol. The molecule has 4 heteroatoms. The van der Waals surface area contributed by atoms with Crippen LogP contribution in [0.3, 0.4) is 0 Å². The Hall–Kier alpha value is -0.870. The fourth-order valence-electron chi connectivity index (χ4n) is 1.34. The molecule has 1 rings (SSSR count). The summed E-state index contributed by atoms with van der Waals surface area (Å²) in [6.07, 6.45) is 0.838. The molecule has 0 aliphatic heterocycles.